The third-order valence-electron chi connectivity index (χ3n) is 7.13. The highest BCUT2D eigenvalue weighted by atomic mass is 35.5. The molecule has 2 unspecified atom stereocenters. The summed E-state index contributed by atoms with van der Waals surface area (Å²) < 4.78 is -0.697. The number of para-hydroxylation sites is 1. The molecule has 5 atom stereocenters. The van der Waals surface area contributed by atoms with E-state index in [4.69, 9.17) is 11.6 Å². The standard InChI is InChI=1S/C25H26ClN3O4S/c26-16-8-4-5-9-17(16)28-23(32)21-25-11-10-18(34-25)19(20(25)24(33)29(21)12-13-30)22(31)27-14-15-6-2-1-3-7-15/h1-9,18-21,30H,10-14H2,(H,27,31)(H,28,32)/t18-,19+,20+,21?,25?/m1/s1. The van der Waals surface area contributed by atoms with Gasteiger partial charge in [-0.1, -0.05) is 54.1 Å². The third kappa shape index (κ3) is 3.78. The van der Waals surface area contributed by atoms with E-state index < -0.39 is 22.6 Å². The number of β-amino-alcohol motifs (C(OH)–C–C–N with tert-alkyl or cyclic N) is 1. The second-order valence-electron chi connectivity index (χ2n) is 8.98. The lowest BCUT2D eigenvalue weighted by molar-refractivity contribution is -0.139. The Bertz CT molecular complexity index is 1120. The zero-order valence-electron chi connectivity index (χ0n) is 18.4. The molecule has 5 rings (SSSR count). The van der Waals surface area contributed by atoms with Gasteiger partial charge in [-0.2, -0.15) is 0 Å². The van der Waals surface area contributed by atoms with E-state index in [2.05, 4.69) is 10.6 Å². The fraction of sp³-hybridized carbons (Fsp3) is 0.400. The van der Waals surface area contributed by atoms with Gasteiger partial charge in [0.2, 0.25) is 17.7 Å². The van der Waals surface area contributed by atoms with Crippen molar-refractivity contribution in [2.24, 2.45) is 11.8 Å². The summed E-state index contributed by atoms with van der Waals surface area (Å²) >= 11 is 7.84. The van der Waals surface area contributed by atoms with Crippen molar-refractivity contribution in [1.82, 2.24) is 10.2 Å². The van der Waals surface area contributed by atoms with Crippen molar-refractivity contribution in [1.29, 1.82) is 0 Å². The number of anilines is 1. The van der Waals surface area contributed by atoms with E-state index in [-0.39, 0.29) is 36.1 Å². The van der Waals surface area contributed by atoms with Gasteiger partial charge in [0.05, 0.1) is 33.9 Å². The van der Waals surface area contributed by atoms with Gasteiger partial charge >= 0.3 is 0 Å². The molecular weight excluding hydrogens is 474 g/mol. The maximum atomic E-state index is 13.6. The van der Waals surface area contributed by atoms with E-state index in [0.29, 0.717) is 23.7 Å². The number of nitrogens with zero attached hydrogens (tertiary/aromatic N) is 1. The summed E-state index contributed by atoms with van der Waals surface area (Å²) in [6.45, 7) is 0.170. The van der Waals surface area contributed by atoms with Crippen LogP contribution in [0.1, 0.15) is 18.4 Å². The Labute approximate surface area is 207 Å². The first-order valence-corrected chi connectivity index (χ1v) is 12.7. The molecule has 2 aromatic rings. The van der Waals surface area contributed by atoms with Crippen LogP contribution in [0.3, 0.4) is 0 Å². The van der Waals surface area contributed by atoms with Gasteiger partial charge < -0.3 is 20.6 Å². The average Bonchev–Trinajstić information content (AvgIpc) is 3.48. The normalized spacial score (nSPS) is 29.2. The van der Waals surface area contributed by atoms with Crippen LogP contribution in [0.4, 0.5) is 5.69 Å². The van der Waals surface area contributed by atoms with Crippen LogP contribution >= 0.6 is 23.4 Å². The predicted octanol–water partition coefficient (Wildman–Crippen LogP) is 2.68. The lowest BCUT2D eigenvalue weighted by atomic mass is 9.70. The summed E-state index contributed by atoms with van der Waals surface area (Å²) in [7, 11) is 0. The van der Waals surface area contributed by atoms with Crippen LogP contribution in [0.2, 0.25) is 5.02 Å². The number of hydrogen-bond donors (Lipinski definition) is 3. The Kier molecular flexibility index (Phi) is 6.31. The van der Waals surface area contributed by atoms with Gasteiger partial charge in [0.25, 0.3) is 0 Å². The van der Waals surface area contributed by atoms with Crippen LogP contribution in [0.5, 0.6) is 0 Å². The highest BCUT2D eigenvalue weighted by molar-refractivity contribution is 8.02. The second-order valence-corrected chi connectivity index (χ2v) is 11.0. The second kappa shape index (κ2) is 9.24. The minimum atomic E-state index is -0.782. The fourth-order valence-electron chi connectivity index (χ4n) is 5.77. The average molecular weight is 500 g/mol. The summed E-state index contributed by atoms with van der Waals surface area (Å²) in [6.07, 6.45) is 1.43. The molecule has 9 heteroatoms. The predicted molar refractivity (Wildman–Crippen MR) is 131 cm³/mol. The monoisotopic (exact) mass is 499 g/mol. The number of thioether (sulfide) groups is 1. The molecule has 0 aliphatic carbocycles. The zero-order valence-corrected chi connectivity index (χ0v) is 20.0. The number of likely N-dealkylation sites (tertiary alicyclic amines) is 1. The molecule has 3 N–H and O–H groups in total. The Hall–Kier alpha value is -2.55. The Morgan fingerprint density at radius 2 is 1.85 bits per heavy atom. The van der Waals surface area contributed by atoms with Gasteiger partial charge in [-0.15, -0.1) is 11.8 Å². The fourth-order valence-corrected chi connectivity index (χ4v) is 8.17. The van der Waals surface area contributed by atoms with Crippen LogP contribution in [-0.2, 0) is 20.9 Å². The first kappa shape index (κ1) is 23.2. The van der Waals surface area contributed by atoms with Crippen LogP contribution in [0.15, 0.2) is 54.6 Å². The van der Waals surface area contributed by atoms with Crippen LogP contribution < -0.4 is 10.6 Å². The molecule has 3 saturated heterocycles. The van der Waals surface area contributed by atoms with Crippen molar-refractivity contribution < 1.29 is 19.5 Å². The Morgan fingerprint density at radius 1 is 1.12 bits per heavy atom. The number of aliphatic hydroxyl groups excluding tert-OH is 1. The van der Waals surface area contributed by atoms with E-state index in [9.17, 15) is 19.5 Å². The number of benzene rings is 2. The molecule has 0 radical (unpaired) electrons. The van der Waals surface area contributed by atoms with Gasteiger partial charge in [0.15, 0.2) is 0 Å². The number of nitrogens with one attached hydrogen (secondary N) is 2. The summed E-state index contributed by atoms with van der Waals surface area (Å²) in [6, 6.07) is 15.8. The molecule has 1 spiro atoms. The molecule has 0 saturated carbocycles. The number of carbonyl (C=O) groups excluding carboxylic acids is 3. The molecule has 3 amide bonds. The topological polar surface area (TPSA) is 98.7 Å². The van der Waals surface area contributed by atoms with E-state index >= 15 is 0 Å². The molecule has 2 bridgehead atoms. The quantitative estimate of drug-likeness (QED) is 0.544. The molecule has 3 fully saturated rings. The molecule has 2 aromatic carbocycles. The lowest BCUT2D eigenvalue weighted by Crippen LogP contribution is -2.52. The Balaban J connectivity index is 1.41. The molecule has 0 aromatic heterocycles. The molecular formula is C25H26ClN3O4S. The first-order chi connectivity index (χ1) is 16.5. The molecule has 3 heterocycles. The van der Waals surface area contributed by atoms with Crippen molar-refractivity contribution in [3.63, 3.8) is 0 Å². The van der Waals surface area contributed by atoms with Crippen molar-refractivity contribution in [2.45, 2.75) is 35.4 Å². The smallest absolute Gasteiger partial charge is 0.248 e. The molecule has 178 valence electrons. The lowest BCUT2D eigenvalue weighted by Gasteiger charge is -2.34. The number of rotatable bonds is 7. The van der Waals surface area contributed by atoms with Crippen molar-refractivity contribution in [3.8, 4) is 0 Å². The van der Waals surface area contributed by atoms with Gasteiger partial charge in [-0.05, 0) is 30.5 Å². The van der Waals surface area contributed by atoms with Crippen LogP contribution in [-0.4, -0.2) is 56.9 Å². The minimum Gasteiger partial charge on any atom is -0.395 e. The maximum absolute atomic E-state index is 13.6. The SMILES string of the molecule is O=C(Nc1ccccc1Cl)C1N(CCO)C(=O)[C@@H]2[C@@H](C(=O)NCc3ccccc3)[C@H]3CCC12S3. The van der Waals surface area contributed by atoms with E-state index in [1.165, 1.54) is 4.90 Å². The first-order valence-electron chi connectivity index (χ1n) is 11.4. The summed E-state index contributed by atoms with van der Waals surface area (Å²) in [5, 5.41) is 15.9. The number of halogens is 1. The molecule has 34 heavy (non-hydrogen) atoms. The van der Waals surface area contributed by atoms with Crippen LogP contribution in [0.25, 0.3) is 0 Å². The van der Waals surface area contributed by atoms with Gasteiger partial charge in [0.1, 0.15) is 6.04 Å². The number of fused-ring (bicyclic) bond motifs is 1. The summed E-state index contributed by atoms with van der Waals surface area (Å²) in [5.74, 6) is -1.83. The minimum absolute atomic E-state index is 0.0170. The summed E-state index contributed by atoms with van der Waals surface area (Å²) in [5.41, 5.74) is 1.46. The highest BCUT2D eigenvalue weighted by Gasteiger charge is 2.73. The van der Waals surface area contributed by atoms with E-state index in [1.54, 1.807) is 36.0 Å². The van der Waals surface area contributed by atoms with E-state index in [1.807, 2.05) is 30.3 Å². The number of amides is 3. The van der Waals surface area contributed by atoms with Crippen molar-refractivity contribution in [2.75, 3.05) is 18.5 Å². The molecule has 3 aliphatic rings. The summed E-state index contributed by atoms with van der Waals surface area (Å²) in [4.78, 5) is 41.9. The Morgan fingerprint density at radius 3 is 2.59 bits per heavy atom. The number of hydrogen-bond acceptors (Lipinski definition) is 5. The largest absolute Gasteiger partial charge is 0.395 e. The highest BCUT2D eigenvalue weighted by Crippen LogP contribution is 2.66. The number of aliphatic hydroxyl groups is 1. The van der Waals surface area contributed by atoms with Crippen molar-refractivity contribution in [3.05, 3.63) is 65.2 Å². The van der Waals surface area contributed by atoms with Gasteiger partial charge in [-0.25, -0.2) is 0 Å². The van der Waals surface area contributed by atoms with Gasteiger partial charge in [0, 0.05) is 18.3 Å². The maximum Gasteiger partial charge on any atom is 0.248 e. The third-order valence-corrected chi connectivity index (χ3v) is 9.41. The number of carbonyl (C=O) groups is 3. The molecule has 7 nitrogen and oxygen atoms in total. The van der Waals surface area contributed by atoms with Crippen molar-refractivity contribution >= 4 is 46.8 Å². The van der Waals surface area contributed by atoms with Gasteiger partial charge in [-0.3, -0.25) is 14.4 Å². The van der Waals surface area contributed by atoms with Crippen LogP contribution in [0, 0.1) is 11.8 Å². The zero-order chi connectivity index (χ0) is 23.9. The van der Waals surface area contributed by atoms with E-state index in [0.717, 1.165) is 12.0 Å². The molecule has 3 aliphatic heterocycles.